The summed E-state index contributed by atoms with van der Waals surface area (Å²) in [6.07, 6.45) is 0.0745. The summed E-state index contributed by atoms with van der Waals surface area (Å²) in [4.78, 5) is 35.9. The van der Waals surface area contributed by atoms with Crippen molar-refractivity contribution in [2.75, 3.05) is 18.6 Å². The van der Waals surface area contributed by atoms with Crippen LogP contribution in [-0.2, 0) is 14.3 Å². The number of methoxy groups -OCH3 is 1. The zero-order valence-electron chi connectivity index (χ0n) is 10.6. The molecule has 6 nitrogen and oxygen atoms in total. The van der Waals surface area contributed by atoms with Crippen LogP contribution in [0.4, 0.5) is 5.69 Å². The maximum absolute atomic E-state index is 11.9. The van der Waals surface area contributed by atoms with Crippen molar-refractivity contribution in [3.05, 3.63) is 28.2 Å². The number of hydrogen-bond acceptors (Lipinski definition) is 4. The van der Waals surface area contributed by atoms with Gasteiger partial charge in [0.2, 0.25) is 5.91 Å². The topological polar surface area (TPSA) is 83.9 Å². The van der Waals surface area contributed by atoms with Gasteiger partial charge in [0, 0.05) is 23.1 Å². The third kappa shape index (κ3) is 2.67. The summed E-state index contributed by atoms with van der Waals surface area (Å²) < 4.78 is 5.06. The van der Waals surface area contributed by atoms with Gasteiger partial charge in [-0.05, 0) is 34.1 Å². The predicted octanol–water partition coefficient (Wildman–Crippen LogP) is 1.67. The fraction of sp³-hybridized carbons (Fsp3) is 0.308. The quantitative estimate of drug-likeness (QED) is 0.845. The average molecular weight is 342 g/mol. The molecule has 1 N–H and O–H groups in total. The van der Waals surface area contributed by atoms with E-state index < -0.39 is 17.9 Å². The van der Waals surface area contributed by atoms with Gasteiger partial charge in [-0.3, -0.25) is 9.59 Å². The summed E-state index contributed by atoms with van der Waals surface area (Å²) >= 11 is 3.14. The average Bonchev–Trinajstić information content (AvgIpc) is 2.80. The number of amides is 1. The highest BCUT2D eigenvalue weighted by molar-refractivity contribution is 9.10. The molecule has 1 amide bonds. The second-order valence-electron chi connectivity index (χ2n) is 4.40. The second kappa shape index (κ2) is 5.62. The number of rotatable bonds is 3. The van der Waals surface area contributed by atoms with Gasteiger partial charge in [-0.2, -0.15) is 0 Å². The van der Waals surface area contributed by atoms with Crippen molar-refractivity contribution in [1.29, 1.82) is 0 Å². The summed E-state index contributed by atoms with van der Waals surface area (Å²) in [6.45, 7) is 0.201. The molecule has 0 bridgehead atoms. The molecule has 1 aromatic carbocycles. The first-order valence-corrected chi connectivity index (χ1v) is 6.64. The highest BCUT2D eigenvalue weighted by Crippen LogP contribution is 2.29. The molecular formula is C13H12BrNO5. The number of nitrogens with zero attached hydrogens (tertiary/aromatic N) is 1. The number of carbonyl (C=O) groups excluding carboxylic acids is 2. The minimum atomic E-state index is -1.09. The van der Waals surface area contributed by atoms with E-state index in [9.17, 15) is 14.4 Å². The lowest BCUT2D eigenvalue weighted by Gasteiger charge is -2.17. The van der Waals surface area contributed by atoms with Crippen LogP contribution < -0.4 is 4.90 Å². The normalized spacial score (nSPS) is 18.2. The summed E-state index contributed by atoms with van der Waals surface area (Å²) in [5.41, 5.74) is 0.527. The third-order valence-electron chi connectivity index (χ3n) is 3.15. The van der Waals surface area contributed by atoms with Gasteiger partial charge in [-0.1, -0.05) is 0 Å². The first-order valence-electron chi connectivity index (χ1n) is 5.85. The number of benzene rings is 1. The number of carboxylic acids is 1. The van der Waals surface area contributed by atoms with Crippen LogP contribution >= 0.6 is 15.9 Å². The highest BCUT2D eigenvalue weighted by Gasteiger charge is 2.36. The van der Waals surface area contributed by atoms with Gasteiger partial charge in [0.05, 0.1) is 18.6 Å². The Balaban J connectivity index is 2.28. The van der Waals surface area contributed by atoms with E-state index in [1.165, 1.54) is 18.1 Å². The van der Waals surface area contributed by atoms with Gasteiger partial charge >= 0.3 is 11.9 Å². The molecule has 1 aromatic rings. The molecule has 20 heavy (non-hydrogen) atoms. The van der Waals surface area contributed by atoms with Crippen molar-refractivity contribution >= 4 is 39.5 Å². The molecule has 1 aliphatic rings. The molecule has 0 aromatic heterocycles. The largest absolute Gasteiger partial charge is 0.478 e. The highest BCUT2D eigenvalue weighted by atomic mass is 79.9. The first-order chi connectivity index (χ1) is 9.43. The zero-order valence-corrected chi connectivity index (χ0v) is 12.2. The minimum Gasteiger partial charge on any atom is -0.478 e. The molecule has 0 spiro atoms. The van der Waals surface area contributed by atoms with Gasteiger partial charge in [0.1, 0.15) is 0 Å². The number of halogens is 1. The number of hydrogen-bond donors (Lipinski definition) is 1. The molecule has 1 aliphatic heterocycles. The Morgan fingerprint density at radius 1 is 1.45 bits per heavy atom. The summed E-state index contributed by atoms with van der Waals surface area (Å²) in [6, 6.07) is 4.61. The Morgan fingerprint density at radius 3 is 2.75 bits per heavy atom. The van der Waals surface area contributed by atoms with Crippen LogP contribution in [0.1, 0.15) is 16.8 Å². The lowest BCUT2D eigenvalue weighted by atomic mass is 10.1. The Bertz CT molecular complexity index is 586. The lowest BCUT2D eigenvalue weighted by molar-refractivity contribution is -0.145. The smallest absolute Gasteiger partial charge is 0.336 e. The number of ether oxygens (including phenoxy) is 1. The standard InChI is InChI=1S/C13H12BrNO5/c1-20-13(19)7-4-11(16)15(6-7)8-2-3-10(14)9(5-8)12(17)18/h2-3,5,7H,4,6H2,1H3,(H,17,18). The van der Waals surface area contributed by atoms with E-state index in [1.54, 1.807) is 12.1 Å². The number of carbonyl (C=O) groups is 3. The third-order valence-corrected chi connectivity index (χ3v) is 3.84. The second-order valence-corrected chi connectivity index (χ2v) is 5.25. The molecule has 1 fully saturated rings. The molecule has 0 saturated carbocycles. The molecular weight excluding hydrogens is 330 g/mol. The number of esters is 1. The molecule has 0 aliphatic carbocycles. The Morgan fingerprint density at radius 2 is 2.15 bits per heavy atom. The van der Waals surface area contributed by atoms with Gasteiger partial charge in [-0.15, -0.1) is 0 Å². The van der Waals surface area contributed by atoms with E-state index in [1.807, 2.05) is 0 Å². The van der Waals surface area contributed by atoms with Crippen LogP contribution in [-0.4, -0.2) is 36.6 Å². The van der Waals surface area contributed by atoms with Gasteiger partial charge in [-0.25, -0.2) is 4.79 Å². The molecule has 1 atom stereocenters. The maximum atomic E-state index is 11.9. The number of aromatic carboxylic acids is 1. The van der Waals surface area contributed by atoms with Crippen LogP contribution in [0, 0.1) is 5.92 Å². The van der Waals surface area contributed by atoms with Crippen LogP contribution in [0.15, 0.2) is 22.7 Å². The SMILES string of the molecule is COC(=O)C1CC(=O)N(c2ccc(Br)c(C(=O)O)c2)C1. The monoisotopic (exact) mass is 341 g/mol. The minimum absolute atomic E-state index is 0.0665. The fourth-order valence-electron chi connectivity index (χ4n) is 2.13. The summed E-state index contributed by atoms with van der Waals surface area (Å²) in [5, 5.41) is 9.07. The van der Waals surface area contributed by atoms with E-state index in [2.05, 4.69) is 20.7 Å². The lowest BCUT2D eigenvalue weighted by Crippen LogP contribution is -2.26. The van der Waals surface area contributed by atoms with Crippen LogP contribution in [0.3, 0.4) is 0 Å². The van der Waals surface area contributed by atoms with Gasteiger partial charge < -0.3 is 14.7 Å². The Kier molecular flexibility index (Phi) is 4.08. The van der Waals surface area contributed by atoms with Crippen molar-refractivity contribution in [2.24, 2.45) is 5.92 Å². The first kappa shape index (κ1) is 14.5. The zero-order chi connectivity index (χ0) is 14.9. The molecule has 1 heterocycles. The molecule has 1 unspecified atom stereocenters. The van der Waals surface area contributed by atoms with Crippen LogP contribution in [0.5, 0.6) is 0 Å². The van der Waals surface area contributed by atoms with Crippen molar-refractivity contribution in [1.82, 2.24) is 0 Å². The molecule has 106 valence electrons. The van der Waals surface area contributed by atoms with Crippen molar-refractivity contribution in [3.63, 3.8) is 0 Å². The van der Waals surface area contributed by atoms with E-state index in [0.29, 0.717) is 10.2 Å². The van der Waals surface area contributed by atoms with Crippen molar-refractivity contribution in [3.8, 4) is 0 Å². The van der Waals surface area contributed by atoms with Crippen molar-refractivity contribution in [2.45, 2.75) is 6.42 Å². The fourth-order valence-corrected chi connectivity index (χ4v) is 2.54. The molecule has 7 heteroatoms. The van der Waals surface area contributed by atoms with E-state index >= 15 is 0 Å². The van der Waals surface area contributed by atoms with Crippen LogP contribution in [0.25, 0.3) is 0 Å². The molecule has 2 rings (SSSR count). The van der Waals surface area contributed by atoms with Gasteiger partial charge in [0.15, 0.2) is 0 Å². The van der Waals surface area contributed by atoms with E-state index in [4.69, 9.17) is 5.11 Å². The van der Waals surface area contributed by atoms with E-state index in [0.717, 1.165) is 0 Å². The predicted molar refractivity (Wildman–Crippen MR) is 73.6 cm³/mol. The molecule has 1 saturated heterocycles. The summed E-state index contributed by atoms with van der Waals surface area (Å²) in [7, 11) is 1.28. The Labute approximate surface area is 123 Å². The van der Waals surface area contributed by atoms with Crippen molar-refractivity contribution < 1.29 is 24.2 Å². The number of carboxylic acid groups (broad SMARTS) is 1. The number of anilines is 1. The summed E-state index contributed by atoms with van der Waals surface area (Å²) in [5.74, 6) is -2.25. The van der Waals surface area contributed by atoms with Crippen LogP contribution in [0.2, 0.25) is 0 Å². The molecule has 0 radical (unpaired) electrons. The van der Waals surface area contributed by atoms with Gasteiger partial charge in [0.25, 0.3) is 0 Å². The van der Waals surface area contributed by atoms with E-state index in [-0.39, 0.29) is 24.4 Å². The Hall–Kier alpha value is -1.89. The maximum Gasteiger partial charge on any atom is 0.336 e.